The van der Waals surface area contributed by atoms with Crippen molar-refractivity contribution in [2.24, 2.45) is 11.8 Å². The minimum Gasteiger partial charge on any atom is -0.385 e. The van der Waals surface area contributed by atoms with E-state index in [-0.39, 0.29) is 0 Å². The molecule has 17 heavy (non-hydrogen) atoms. The first-order chi connectivity index (χ1) is 8.27. The largest absolute Gasteiger partial charge is 0.385 e. The molecule has 0 aliphatic rings. The van der Waals surface area contributed by atoms with Crippen LogP contribution in [-0.4, -0.2) is 19.8 Å². The highest BCUT2D eigenvalue weighted by molar-refractivity contribution is 7.09. The summed E-state index contributed by atoms with van der Waals surface area (Å²) in [6.07, 6.45) is 4.53. The van der Waals surface area contributed by atoms with Crippen LogP contribution in [0.5, 0.6) is 0 Å². The van der Waals surface area contributed by atoms with Gasteiger partial charge in [-0.3, -0.25) is 11.3 Å². The van der Waals surface area contributed by atoms with E-state index in [0.717, 1.165) is 25.9 Å². The monoisotopic (exact) mass is 256 g/mol. The molecule has 4 heteroatoms. The van der Waals surface area contributed by atoms with Crippen LogP contribution in [0.3, 0.4) is 0 Å². The Balaban J connectivity index is 2.21. The molecule has 0 fully saturated rings. The maximum atomic E-state index is 5.62. The van der Waals surface area contributed by atoms with Crippen LogP contribution in [0.2, 0.25) is 0 Å². The van der Waals surface area contributed by atoms with Crippen molar-refractivity contribution in [2.45, 2.75) is 38.6 Å². The molecule has 3 nitrogen and oxygen atoms in total. The average molecular weight is 256 g/mol. The lowest BCUT2D eigenvalue weighted by Crippen LogP contribution is -2.40. The average Bonchev–Trinajstić information content (AvgIpc) is 2.84. The first kappa shape index (κ1) is 14.6. The van der Waals surface area contributed by atoms with E-state index in [9.17, 15) is 0 Å². The highest BCUT2D eigenvalue weighted by atomic mass is 32.1. The molecule has 98 valence electrons. The number of hydrogen-bond donors (Lipinski definition) is 2. The summed E-state index contributed by atoms with van der Waals surface area (Å²) in [4.78, 5) is 1.46. The SMILES string of the molecule is COCCC(C)C(CCCc1cccs1)NN. The second-order valence-electron chi connectivity index (χ2n) is 4.50. The zero-order chi connectivity index (χ0) is 12.5. The van der Waals surface area contributed by atoms with Gasteiger partial charge in [0.1, 0.15) is 0 Å². The van der Waals surface area contributed by atoms with E-state index in [1.54, 1.807) is 7.11 Å². The Labute approximate surface area is 108 Å². The number of thiophene rings is 1. The van der Waals surface area contributed by atoms with E-state index in [4.69, 9.17) is 10.6 Å². The second kappa shape index (κ2) is 8.64. The molecule has 1 rings (SSSR count). The molecule has 0 aliphatic carbocycles. The molecule has 1 aromatic rings. The number of ether oxygens (including phenoxy) is 1. The summed E-state index contributed by atoms with van der Waals surface area (Å²) >= 11 is 1.83. The number of nitrogens with one attached hydrogen (secondary N) is 1. The third-order valence-corrected chi connectivity index (χ3v) is 4.13. The Kier molecular flexibility index (Phi) is 7.44. The highest BCUT2D eigenvalue weighted by Gasteiger charge is 2.15. The smallest absolute Gasteiger partial charge is 0.0465 e. The Morgan fingerprint density at radius 2 is 2.29 bits per heavy atom. The number of methoxy groups -OCH3 is 1. The predicted molar refractivity (Wildman–Crippen MR) is 74.0 cm³/mol. The lowest BCUT2D eigenvalue weighted by Gasteiger charge is -2.22. The van der Waals surface area contributed by atoms with Crippen molar-refractivity contribution in [1.29, 1.82) is 0 Å². The number of rotatable bonds is 9. The quantitative estimate of drug-likeness (QED) is 0.527. The van der Waals surface area contributed by atoms with Crippen molar-refractivity contribution in [3.63, 3.8) is 0 Å². The van der Waals surface area contributed by atoms with Crippen LogP contribution in [0.15, 0.2) is 17.5 Å². The molecule has 0 saturated carbocycles. The van der Waals surface area contributed by atoms with Crippen LogP contribution in [0.25, 0.3) is 0 Å². The van der Waals surface area contributed by atoms with Crippen LogP contribution < -0.4 is 11.3 Å². The molecular weight excluding hydrogens is 232 g/mol. The molecule has 1 heterocycles. The maximum Gasteiger partial charge on any atom is 0.0465 e. The summed E-state index contributed by atoms with van der Waals surface area (Å²) in [6.45, 7) is 3.04. The first-order valence-electron chi connectivity index (χ1n) is 6.25. The van der Waals surface area contributed by atoms with Crippen LogP contribution in [0.4, 0.5) is 0 Å². The van der Waals surface area contributed by atoms with Crippen molar-refractivity contribution in [3.05, 3.63) is 22.4 Å². The van der Waals surface area contributed by atoms with Crippen molar-refractivity contribution >= 4 is 11.3 Å². The Morgan fingerprint density at radius 3 is 2.88 bits per heavy atom. The second-order valence-corrected chi connectivity index (χ2v) is 5.54. The summed E-state index contributed by atoms with van der Waals surface area (Å²) in [5.74, 6) is 6.18. The van der Waals surface area contributed by atoms with Gasteiger partial charge in [-0.25, -0.2) is 0 Å². The van der Waals surface area contributed by atoms with Crippen LogP contribution in [0.1, 0.15) is 31.1 Å². The number of hydrogen-bond acceptors (Lipinski definition) is 4. The fourth-order valence-electron chi connectivity index (χ4n) is 1.99. The van der Waals surface area contributed by atoms with E-state index < -0.39 is 0 Å². The molecule has 0 saturated heterocycles. The Bertz CT molecular complexity index is 277. The third kappa shape index (κ3) is 5.64. The zero-order valence-corrected chi connectivity index (χ0v) is 11.6. The topological polar surface area (TPSA) is 47.3 Å². The lowest BCUT2D eigenvalue weighted by molar-refractivity contribution is 0.168. The minimum atomic E-state index is 0.394. The standard InChI is InChI=1S/C13H24N2OS/c1-11(8-9-16-2)13(15-14)7-3-5-12-6-4-10-17-12/h4,6,10-11,13,15H,3,5,7-9,14H2,1-2H3. The molecule has 0 bridgehead atoms. The van der Waals surface area contributed by atoms with Crippen molar-refractivity contribution < 1.29 is 4.74 Å². The highest BCUT2D eigenvalue weighted by Crippen LogP contribution is 2.16. The van der Waals surface area contributed by atoms with Gasteiger partial charge >= 0.3 is 0 Å². The molecule has 0 aliphatic heterocycles. The van der Waals surface area contributed by atoms with Gasteiger partial charge in [-0.2, -0.15) is 0 Å². The maximum absolute atomic E-state index is 5.62. The Hall–Kier alpha value is -0.420. The van der Waals surface area contributed by atoms with Crippen molar-refractivity contribution in [1.82, 2.24) is 5.43 Å². The number of aryl methyl sites for hydroxylation is 1. The fourth-order valence-corrected chi connectivity index (χ4v) is 2.74. The van der Waals surface area contributed by atoms with E-state index in [1.807, 2.05) is 11.3 Å². The fraction of sp³-hybridized carbons (Fsp3) is 0.692. The molecule has 0 radical (unpaired) electrons. The molecule has 1 aromatic heterocycles. The third-order valence-electron chi connectivity index (χ3n) is 3.20. The zero-order valence-electron chi connectivity index (χ0n) is 10.8. The van der Waals surface area contributed by atoms with Gasteiger partial charge in [0.15, 0.2) is 0 Å². The van der Waals surface area contributed by atoms with Gasteiger partial charge in [0.2, 0.25) is 0 Å². The number of hydrazine groups is 1. The summed E-state index contributed by atoms with van der Waals surface area (Å²) in [5.41, 5.74) is 2.94. The van der Waals surface area contributed by atoms with Crippen LogP contribution in [-0.2, 0) is 11.2 Å². The molecule has 3 N–H and O–H groups in total. The van der Waals surface area contributed by atoms with E-state index in [2.05, 4.69) is 29.9 Å². The van der Waals surface area contributed by atoms with E-state index >= 15 is 0 Å². The first-order valence-corrected chi connectivity index (χ1v) is 7.13. The predicted octanol–water partition coefficient (Wildman–Crippen LogP) is 2.58. The summed E-state index contributed by atoms with van der Waals surface area (Å²) in [5, 5.41) is 2.13. The van der Waals surface area contributed by atoms with Crippen LogP contribution >= 0.6 is 11.3 Å². The van der Waals surface area contributed by atoms with Gasteiger partial charge in [0.25, 0.3) is 0 Å². The molecule has 0 amide bonds. The molecule has 0 spiro atoms. The van der Waals surface area contributed by atoms with Crippen molar-refractivity contribution in [3.8, 4) is 0 Å². The molecular formula is C13H24N2OS. The number of nitrogens with two attached hydrogens (primary N) is 1. The van der Waals surface area contributed by atoms with Gasteiger partial charge in [-0.05, 0) is 43.0 Å². The van der Waals surface area contributed by atoms with Gasteiger partial charge in [0.05, 0.1) is 0 Å². The molecule has 2 atom stereocenters. The molecule has 0 aromatic carbocycles. The normalized spacial score (nSPS) is 14.8. The van der Waals surface area contributed by atoms with E-state index in [1.165, 1.54) is 11.3 Å². The molecule has 2 unspecified atom stereocenters. The summed E-state index contributed by atoms with van der Waals surface area (Å²) in [6, 6.07) is 4.70. The van der Waals surface area contributed by atoms with Gasteiger partial charge in [-0.15, -0.1) is 11.3 Å². The van der Waals surface area contributed by atoms with Crippen LogP contribution in [0, 0.1) is 5.92 Å². The van der Waals surface area contributed by atoms with E-state index in [0.29, 0.717) is 12.0 Å². The van der Waals surface area contributed by atoms with Gasteiger partial charge in [0, 0.05) is 24.6 Å². The lowest BCUT2D eigenvalue weighted by atomic mass is 9.94. The minimum absolute atomic E-state index is 0.394. The van der Waals surface area contributed by atoms with Gasteiger partial charge in [-0.1, -0.05) is 13.0 Å². The summed E-state index contributed by atoms with van der Waals surface area (Å²) in [7, 11) is 1.74. The van der Waals surface area contributed by atoms with Gasteiger partial charge < -0.3 is 4.74 Å². The van der Waals surface area contributed by atoms with Crippen molar-refractivity contribution in [2.75, 3.05) is 13.7 Å². The summed E-state index contributed by atoms with van der Waals surface area (Å²) < 4.78 is 5.10. The Morgan fingerprint density at radius 1 is 1.47 bits per heavy atom.